The fraction of sp³-hybridized carbons (Fsp3) is 0.300. The first-order valence-electron chi connectivity index (χ1n) is 4.77. The summed E-state index contributed by atoms with van der Waals surface area (Å²) in [5.74, 6) is -0.539. The molecule has 5 nitrogen and oxygen atoms in total. The van der Waals surface area contributed by atoms with Crippen molar-refractivity contribution in [1.82, 2.24) is 4.72 Å². The monoisotopic (exact) mass is 242 g/mol. The van der Waals surface area contributed by atoms with E-state index in [2.05, 4.69) is 4.72 Å². The highest BCUT2D eigenvalue weighted by Crippen LogP contribution is 2.08. The number of amides is 1. The van der Waals surface area contributed by atoms with Gasteiger partial charge in [0.2, 0.25) is 15.9 Å². The average molecular weight is 242 g/mol. The second-order valence-electron chi connectivity index (χ2n) is 3.51. The Balaban J connectivity index is 2.77. The second-order valence-corrected chi connectivity index (χ2v) is 5.22. The van der Waals surface area contributed by atoms with Gasteiger partial charge in [-0.15, -0.1) is 0 Å². The Morgan fingerprint density at radius 2 is 1.94 bits per heavy atom. The van der Waals surface area contributed by atoms with Crippen LogP contribution in [-0.4, -0.2) is 20.4 Å². The largest absolute Gasteiger partial charge is 0.370 e. The summed E-state index contributed by atoms with van der Waals surface area (Å²) in [6.07, 6.45) is -0.0218. The van der Waals surface area contributed by atoms with Crippen LogP contribution in [0, 0.1) is 0 Å². The van der Waals surface area contributed by atoms with Crippen LogP contribution in [0.1, 0.15) is 13.3 Å². The Morgan fingerprint density at radius 3 is 2.44 bits per heavy atom. The third kappa shape index (κ3) is 3.63. The van der Waals surface area contributed by atoms with Gasteiger partial charge >= 0.3 is 0 Å². The smallest absolute Gasteiger partial charge is 0.240 e. The van der Waals surface area contributed by atoms with Gasteiger partial charge in [-0.25, -0.2) is 13.1 Å². The zero-order valence-electron chi connectivity index (χ0n) is 8.88. The molecule has 0 radical (unpaired) electrons. The van der Waals surface area contributed by atoms with E-state index in [-0.39, 0.29) is 11.3 Å². The highest BCUT2D eigenvalue weighted by molar-refractivity contribution is 7.89. The van der Waals surface area contributed by atoms with Crippen molar-refractivity contribution in [2.24, 2.45) is 5.73 Å². The molecule has 1 aromatic carbocycles. The molecule has 0 fully saturated rings. The highest BCUT2D eigenvalue weighted by Gasteiger charge is 2.17. The molecule has 0 bridgehead atoms. The number of hydrogen-bond acceptors (Lipinski definition) is 3. The van der Waals surface area contributed by atoms with Crippen LogP contribution in [-0.2, 0) is 14.8 Å². The first kappa shape index (κ1) is 12.7. The Labute approximate surface area is 94.7 Å². The summed E-state index contributed by atoms with van der Waals surface area (Å²) in [5, 5.41) is 0. The van der Waals surface area contributed by atoms with Crippen molar-refractivity contribution in [1.29, 1.82) is 0 Å². The van der Waals surface area contributed by atoms with Gasteiger partial charge in [0.1, 0.15) is 0 Å². The molecule has 6 heteroatoms. The van der Waals surface area contributed by atoms with Crippen LogP contribution < -0.4 is 10.5 Å². The van der Waals surface area contributed by atoms with E-state index in [1.165, 1.54) is 12.1 Å². The molecule has 16 heavy (non-hydrogen) atoms. The molecule has 0 heterocycles. The molecule has 1 rings (SSSR count). The van der Waals surface area contributed by atoms with Gasteiger partial charge in [0.05, 0.1) is 4.90 Å². The molecule has 88 valence electrons. The zero-order valence-corrected chi connectivity index (χ0v) is 9.70. The lowest BCUT2D eigenvalue weighted by Crippen LogP contribution is -2.35. The molecule has 0 aliphatic carbocycles. The summed E-state index contributed by atoms with van der Waals surface area (Å²) < 4.78 is 25.9. The predicted molar refractivity (Wildman–Crippen MR) is 60.0 cm³/mol. The van der Waals surface area contributed by atoms with Crippen LogP contribution in [0.25, 0.3) is 0 Å². The topological polar surface area (TPSA) is 89.3 Å². The molecular formula is C10H14N2O3S. The van der Waals surface area contributed by atoms with Gasteiger partial charge in [0, 0.05) is 12.5 Å². The van der Waals surface area contributed by atoms with Gasteiger partial charge in [-0.3, -0.25) is 4.79 Å². The lowest BCUT2D eigenvalue weighted by atomic mass is 10.2. The number of carbonyl (C=O) groups is 1. The maximum Gasteiger partial charge on any atom is 0.240 e. The van der Waals surface area contributed by atoms with Gasteiger partial charge in [0.25, 0.3) is 0 Å². The van der Waals surface area contributed by atoms with E-state index in [1.54, 1.807) is 25.1 Å². The number of hydrogen-bond donors (Lipinski definition) is 2. The lowest BCUT2D eigenvalue weighted by Gasteiger charge is -2.12. The number of benzene rings is 1. The van der Waals surface area contributed by atoms with E-state index in [1.807, 2.05) is 0 Å². The van der Waals surface area contributed by atoms with Crippen molar-refractivity contribution in [3.8, 4) is 0 Å². The molecule has 1 amide bonds. The maximum atomic E-state index is 11.8. The van der Waals surface area contributed by atoms with E-state index < -0.39 is 22.0 Å². The molecule has 0 spiro atoms. The van der Waals surface area contributed by atoms with Crippen LogP contribution in [0.4, 0.5) is 0 Å². The Kier molecular flexibility index (Phi) is 4.03. The highest BCUT2D eigenvalue weighted by atomic mass is 32.2. The number of nitrogens with two attached hydrogens (primary N) is 1. The van der Waals surface area contributed by atoms with E-state index in [0.717, 1.165) is 0 Å². The summed E-state index contributed by atoms with van der Waals surface area (Å²) >= 11 is 0. The van der Waals surface area contributed by atoms with E-state index in [9.17, 15) is 13.2 Å². The summed E-state index contributed by atoms with van der Waals surface area (Å²) in [7, 11) is -3.56. The molecule has 0 saturated heterocycles. The second kappa shape index (κ2) is 5.09. The van der Waals surface area contributed by atoms with Gasteiger partial charge in [-0.05, 0) is 19.1 Å². The van der Waals surface area contributed by atoms with Crippen molar-refractivity contribution < 1.29 is 13.2 Å². The minimum absolute atomic E-state index is 0.0218. The third-order valence-electron chi connectivity index (χ3n) is 1.92. The molecule has 1 aromatic rings. The van der Waals surface area contributed by atoms with Crippen molar-refractivity contribution in [3.63, 3.8) is 0 Å². The van der Waals surface area contributed by atoms with Gasteiger partial charge in [-0.1, -0.05) is 18.2 Å². The van der Waals surface area contributed by atoms with Crippen molar-refractivity contribution in [2.45, 2.75) is 24.3 Å². The Bertz CT molecular complexity index is 456. The summed E-state index contributed by atoms with van der Waals surface area (Å²) in [5.41, 5.74) is 4.98. The quantitative estimate of drug-likeness (QED) is 0.774. The minimum Gasteiger partial charge on any atom is -0.370 e. The predicted octanol–water partition coefficient (Wildman–Crippen LogP) is 0.229. The molecule has 3 N–H and O–H groups in total. The Morgan fingerprint density at radius 1 is 1.38 bits per heavy atom. The molecule has 0 aromatic heterocycles. The summed E-state index contributed by atoms with van der Waals surface area (Å²) in [6, 6.07) is 7.45. The third-order valence-corrected chi connectivity index (χ3v) is 3.52. The van der Waals surface area contributed by atoms with Crippen LogP contribution in [0.5, 0.6) is 0 Å². The van der Waals surface area contributed by atoms with Gasteiger partial charge < -0.3 is 5.73 Å². The van der Waals surface area contributed by atoms with Crippen LogP contribution >= 0.6 is 0 Å². The van der Waals surface area contributed by atoms with E-state index in [0.29, 0.717) is 0 Å². The fourth-order valence-electron chi connectivity index (χ4n) is 1.28. The minimum atomic E-state index is -3.56. The maximum absolute atomic E-state index is 11.8. The lowest BCUT2D eigenvalue weighted by molar-refractivity contribution is -0.118. The van der Waals surface area contributed by atoms with Crippen molar-refractivity contribution in [2.75, 3.05) is 0 Å². The number of rotatable bonds is 5. The fourth-order valence-corrected chi connectivity index (χ4v) is 2.54. The molecule has 0 aliphatic heterocycles. The van der Waals surface area contributed by atoms with Gasteiger partial charge in [0.15, 0.2) is 0 Å². The molecule has 1 atom stereocenters. The van der Waals surface area contributed by atoms with E-state index in [4.69, 9.17) is 5.73 Å². The normalized spacial score (nSPS) is 13.3. The number of nitrogens with one attached hydrogen (secondary N) is 1. The summed E-state index contributed by atoms with van der Waals surface area (Å²) in [6.45, 7) is 1.59. The molecule has 0 aliphatic rings. The Hall–Kier alpha value is -1.40. The SMILES string of the molecule is CC(CC(N)=O)NS(=O)(=O)c1ccccc1. The van der Waals surface area contributed by atoms with Crippen LogP contribution in [0.15, 0.2) is 35.2 Å². The first-order chi connectivity index (χ1) is 7.42. The molecule has 0 saturated carbocycles. The van der Waals surface area contributed by atoms with E-state index >= 15 is 0 Å². The van der Waals surface area contributed by atoms with Crippen molar-refractivity contribution in [3.05, 3.63) is 30.3 Å². The van der Waals surface area contributed by atoms with Crippen LogP contribution in [0.2, 0.25) is 0 Å². The standard InChI is InChI=1S/C10H14N2O3S/c1-8(7-10(11)13)12-16(14,15)9-5-3-2-4-6-9/h2-6,8,12H,7H2,1H3,(H2,11,13). The number of primary amides is 1. The van der Waals surface area contributed by atoms with Gasteiger partial charge in [-0.2, -0.15) is 0 Å². The number of sulfonamides is 1. The first-order valence-corrected chi connectivity index (χ1v) is 6.26. The number of carbonyl (C=O) groups excluding carboxylic acids is 1. The summed E-state index contributed by atoms with van der Waals surface area (Å²) in [4.78, 5) is 10.8. The zero-order chi connectivity index (χ0) is 12.2. The molecular weight excluding hydrogens is 228 g/mol. The molecule has 1 unspecified atom stereocenters. The average Bonchev–Trinajstić information content (AvgIpc) is 2.16. The van der Waals surface area contributed by atoms with Crippen LogP contribution in [0.3, 0.4) is 0 Å². The van der Waals surface area contributed by atoms with Crippen molar-refractivity contribution >= 4 is 15.9 Å².